The van der Waals surface area contributed by atoms with Crippen molar-refractivity contribution in [3.05, 3.63) is 29.8 Å². The van der Waals surface area contributed by atoms with Crippen molar-refractivity contribution in [1.82, 2.24) is 10.3 Å². The van der Waals surface area contributed by atoms with Gasteiger partial charge in [0, 0.05) is 12.6 Å². The predicted octanol–water partition coefficient (Wildman–Crippen LogP) is 1.66. The second-order valence-corrected chi connectivity index (χ2v) is 4.01. The van der Waals surface area contributed by atoms with Crippen LogP contribution in [-0.4, -0.2) is 36.5 Å². The summed E-state index contributed by atoms with van der Waals surface area (Å²) in [5.74, 6) is -0.314. The van der Waals surface area contributed by atoms with Crippen LogP contribution in [0.15, 0.2) is 18.3 Å². The SMILES string of the molecule is CCC(NCCCOCCO)c1ccc(F)cn1. The Kier molecular flexibility index (Phi) is 7.48. The van der Waals surface area contributed by atoms with Crippen LogP contribution in [0.25, 0.3) is 0 Å². The molecule has 0 spiro atoms. The largest absolute Gasteiger partial charge is 0.394 e. The van der Waals surface area contributed by atoms with E-state index in [0.717, 1.165) is 25.1 Å². The molecule has 4 nitrogen and oxygen atoms in total. The lowest BCUT2D eigenvalue weighted by molar-refractivity contribution is 0.0903. The Morgan fingerprint density at radius 1 is 1.44 bits per heavy atom. The van der Waals surface area contributed by atoms with Crippen molar-refractivity contribution in [2.45, 2.75) is 25.8 Å². The van der Waals surface area contributed by atoms with Crippen LogP contribution in [-0.2, 0) is 4.74 Å². The summed E-state index contributed by atoms with van der Waals surface area (Å²) in [7, 11) is 0. The summed E-state index contributed by atoms with van der Waals surface area (Å²) in [6.07, 6.45) is 3.01. The zero-order valence-electron chi connectivity index (χ0n) is 10.7. The van der Waals surface area contributed by atoms with Gasteiger partial charge in [-0.1, -0.05) is 6.92 Å². The standard InChI is InChI=1S/C13H21FN2O2/c1-2-12(13-5-4-11(14)10-16-13)15-6-3-8-18-9-7-17/h4-5,10,12,15,17H,2-3,6-9H2,1H3. The Labute approximate surface area is 107 Å². The highest BCUT2D eigenvalue weighted by atomic mass is 19.1. The second-order valence-electron chi connectivity index (χ2n) is 4.01. The van der Waals surface area contributed by atoms with Crippen molar-refractivity contribution in [3.63, 3.8) is 0 Å². The van der Waals surface area contributed by atoms with E-state index in [2.05, 4.69) is 17.2 Å². The molecular formula is C13H21FN2O2. The van der Waals surface area contributed by atoms with Crippen molar-refractivity contribution in [2.24, 2.45) is 0 Å². The molecule has 1 rings (SSSR count). The molecular weight excluding hydrogens is 235 g/mol. The highest BCUT2D eigenvalue weighted by Crippen LogP contribution is 2.13. The first kappa shape index (κ1) is 15.0. The number of aliphatic hydroxyl groups is 1. The van der Waals surface area contributed by atoms with Crippen LogP contribution in [0.5, 0.6) is 0 Å². The third kappa shape index (κ3) is 5.53. The van der Waals surface area contributed by atoms with Crippen LogP contribution in [0.2, 0.25) is 0 Å². The van der Waals surface area contributed by atoms with Crippen molar-refractivity contribution in [3.8, 4) is 0 Å². The summed E-state index contributed by atoms with van der Waals surface area (Å²) in [4.78, 5) is 4.08. The fourth-order valence-corrected chi connectivity index (χ4v) is 1.67. The molecule has 18 heavy (non-hydrogen) atoms. The Morgan fingerprint density at radius 3 is 2.89 bits per heavy atom. The molecule has 0 bridgehead atoms. The average molecular weight is 256 g/mol. The van der Waals surface area contributed by atoms with E-state index in [1.807, 2.05) is 0 Å². The van der Waals surface area contributed by atoms with Gasteiger partial charge in [0.2, 0.25) is 0 Å². The molecule has 0 saturated carbocycles. The molecule has 1 unspecified atom stereocenters. The molecule has 0 aliphatic heterocycles. The zero-order chi connectivity index (χ0) is 13.2. The van der Waals surface area contributed by atoms with Gasteiger partial charge in [0.15, 0.2) is 0 Å². The van der Waals surface area contributed by atoms with E-state index in [0.29, 0.717) is 13.2 Å². The maximum absolute atomic E-state index is 12.8. The van der Waals surface area contributed by atoms with Crippen molar-refractivity contribution >= 4 is 0 Å². The van der Waals surface area contributed by atoms with Crippen molar-refractivity contribution < 1.29 is 14.2 Å². The number of nitrogens with zero attached hydrogens (tertiary/aromatic N) is 1. The number of aliphatic hydroxyl groups excluding tert-OH is 1. The molecule has 0 radical (unpaired) electrons. The van der Waals surface area contributed by atoms with Crippen molar-refractivity contribution in [1.29, 1.82) is 0 Å². The molecule has 0 aromatic carbocycles. The quantitative estimate of drug-likeness (QED) is 0.660. The summed E-state index contributed by atoms with van der Waals surface area (Å²) < 4.78 is 17.9. The normalized spacial score (nSPS) is 12.6. The Balaban J connectivity index is 2.27. The topological polar surface area (TPSA) is 54.4 Å². The monoisotopic (exact) mass is 256 g/mol. The lowest BCUT2D eigenvalue weighted by Crippen LogP contribution is -2.23. The number of hydrogen-bond acceptors (Lipinski definition) is 4. The second kappa shape index (κ2) is 8.97. The number of pyridine rings is 1. The summed E-state index contributed by atoms with van der Waals surface area (Å²) >= 11 is 0. The number of halogens is 1. The maximum Gasteiger partial charge on any atom is 0.141 e. The number of nitrogens with one attached hydrogen (secondary N) is 1. The summed E-state index contributed by atoms with van der Waals surface area (Å²) in [5.41, 5.74) is 0.857. The highest BCUT2D eigenvalue weighted by molar-refractivity contribution is 5.09. The van der Waals surface area contributed by atoms with E-state index < -0.39 is 0 Å². The van der Waals surface area contributed by atoms with Gasteiger partial charge in [-0.25, -0.2) is 4.39 Å². The minimum atomic E-state index is -0.314. The zero-order valence-corrected chi connectivity index (χ0v) is 10.7. The Morgan fingerprint density at radius 2 is 2.28 bits per heavy atom. The summed E-state index contributed by atoms with van der Waals surface area (Å²) in [6, 6.07) is 3.28. The molecule has 1 aromatic rings. The lowest BCUT2D eigenvalue weighted by atomic mass is 10.1. The van der Waals surface area contributed by atoms with E-state index in [1.54, 1.807) is 6.07 Å². The molecule has 1 aromatic heterocycles. The number of hydrogen-bond donors (Lipinski definition) is 2. The molecule has 2 N–H and O–H groups in total. The number of aromatic nitrogens is 1. The van der Waals surface area contributed by atoms with Crippen LogP contribution in [0, 0.1) is 5.82 Å². The molecule has 0 fully saturated rings. The first-order valence-corrected chi connectivity index (χ1v) is 6.31. The fourth-order valence-electron chi connectivity index (χ4n) is 1.67. The Hall–Kier alpha value is -1.04. The third-order valence-corrected chi connectivity index (χ3v) is 2.61. The summed E-state index contributed by atoms with van der Waals surface area (Å²) in [6.45, 7) is 3.94. The molecule has 1 atom stereocenters. The molecule has 5 heteroatoms. The fraction of sp³-hybridized carbons (Fsp3) is 0.615. The van der Waals surface area contributed by atoms with E-state index in [1.165, 1.54) is 12.3 Å². The van der Waals surface area contributed by atoms with Gasteiger partial charge >= 0.3 is 0 Å². The minimum Gasteiger partial charge on any atom is -0.394 e. The van der Waals surface area contributed by atoms with Gasteiger partial charge in [0.25, 0.3) is 0 Å². The lowest BCUT2D eigenvalue weighted by Gasteiger charge is -2.16. The number of ether oxygens (including phenoxy) is 1. The van der Waals surface area contributed by atoms with E-state index in [4.69, 9.17) is 9.84 Å². The van der Waals surface area contributed by atoms with Gasteiger partial charge < -0.3 is 15.2 Å². The average Bonchev–Trinajstić information content (AvgIpc) is 2.39. The number of rotatable bonds is 9. The first-order valence-electron chi connectivity index (χ1n) is 6.31. The maximum atomic E-state index is 12.8. The third-order valence-electron chi connectivity index (χ3n) is 2.61. The molecule has 1 heterocycles. The predicted molar refractivity (Wildman–Crippen MR) is 67.8 cm³/mol. The molecule has 0 aliphatic rings. The minimum absolute atomic E-state index is 0.0600. The van der Waals surface area contributed by atoms with Crippen LogP contribution in [0.1, 0.15) is 31.5 Å². The molecule has 102 valence electrons. The van der Waals surface area contributed by atoms with E-state index >= 15 is 0 Å². The van der Waals surface area contributed by atoms with Crippen molar-refractivity contribution in [2.75, 3.05) is 26.4 Å². The summed E-state index contributed by atoms with van der Waals surface area (Å²) in [5, 5.41) is 11.9. The van der Waals surface area contributed by atoms with Gasteiger partial charge in [-0.15, -0.1) is 0 Å². The van der Waals surface area contributed by atoms with E-state index in [-0.39, 0.29) is 18.5 Å². The van der Waals surface area contributed by atoms with Crippen LogP contribution in [0.3, 0.4) is 0 Å². The van der Waals surface area contributed by atoms with Gasteiger partial charge in [-0.3, -0.25) is 4.98 Å². The van der Waals surface area contributed by atoms with Gasteiger partial charge in [-0.2, -0.15) is 0 Å². The van der Waals surface area contributed by atoms with Gasteiger partial charge in [0.05, 0.1) is 25.1 Å². The highest BCUT2D eigenvalue weighted by Gasteiger charge is 2.09. The van der Waals surface area contributed by atoms with Crippen LogP contribution >= 0.6 is 0 Å². The van der Waals surface area contributed by atoms with Gasteiger partial charge in [0.1, 0.15) is 5.82 Å². The smallest absolute Gasteiger partial charge is 0.141 e. The first-order chi connectivity index (χ1) is 8.77. The van der Waals surface area contributed by atoms with Crippen LogP contribution in [0.4, 0.5) is 4.39 Å². The van der Waals surface area contributed by atoms with Crippen LogP contribution < -0.4 is 5.32 Å². The molecule has 0 amide bonds. The Bertz CT molecular complexity index is 319. The molecule has 0 aliphatic carbocycles. The molecule has 0 saturated heterocycles. The van der Waals surface area contributed by atoms with Gasteiger partial charge in [-0.05, 0) is 31.5 Å². The van der Waals surface area contributed by atoms with E-state index in [9.17, 15) is 4.39 Å².